The first-order chi connectivity index (χ1) is 6.00. The number of hydrogen-bond acceptors (Lipinski definition) is 1. The molecule has 0 radical (unpaired) electrons. The molecule has 2 rings (SSSR count). The van der Waals surface area contributed by atoms with Gasteiger partial charge in [-0.3, -0.25) is 0 Å². The molecule has 0 spiro atoms. The van der Waals surface area contributed by atoms with Crippen LogP contribution in [-0.4, -0.2) is 24.5 Å². The van der Waals surface area contributed by atoms with E-state index in [-0.39, 0.29) is 0 Å². The van der Waals surface area contributed by atoms with Crippen LogP contribution < -0.4 is 0 Å². The molecule has 0 aromatic heterocycles. The molecule has 2 aliphatic rings. The van der Waals surface area contributed by atoms with Gasteiger partial charge in [-0.1, -0.05) is 20.8 Å². The van der Waals surface area contributed by atoms with E-state index in [2.05, 4.69) is 32.7 Å². The van der Waals surface area contributed by atoms with Gasteiger partial charge in [0.2, 0.25) is 0 Å². The van der Waals surface area contributed by atoms with Gasteiger partial charge in [0.05, 0.1) is 0 Å². The molecule has 1 saturated heterocycles. The smallest absolute Gasteiger partial charge is 0.0154 e. The summed E-state index contributed by atoms with van der Waals surface area (Å²) in [5.41, 5.74) is 0.512. The van der Waals surface area contributed by atoms with Gasteiger partial charge in [-0.15, -0.1) is 0 Å². The van der Waals surface area contributed by atoms with Crippen molar-refractivity contribution >= 4 is 0 Å². The fourth-order valence-electron chi connectivity index (χ4n) is 3.51. The lowest BCUT2D eigenvalue weighted by Gasteiger charge is -2.35. The fraction of sp³-hybridized carbons (Fsp3) is 1.00. The minimum absolute atomic E-state index is 0.512. The second kappa shape index (κ2) is 2.98. The van der Waals surface area contributed by atoms with Gasteiger partial charge in [0.25, 0.3) is 0 Å². The van der Waals surface area contributed by atoms with Gasteiger partial charge in [0.15, 0.2) is 0 Å². The second-order valence-corrected chi connectivity index (χ2v) is 6.07. The van der Waals surface area contributed by atoms with Crippen LogP contribution in [0.5, 0.6) is 0 Å². The van der Waals surface area contributed by atoms with E-state index in [1.165, 1.54) is 25.8 Å². The predicted molar refractivity (Wildman–Crippen MR) is 56.7 cm³/mol. The molecule has 0 amide bonds. The minimum Gasteiger partial charge on any atom is -0.303 e. The molecule has 3 unspecified atom stereocenters. The predicted octanol–water partition coefficient (Wildman–Crippen LogP) is 2.76. The SMILES string of the molecule is CN1CCC2CCC(C(C)(C)C)C21. The Balaban J connectivity index is 2.15. The number of hydrogen-bond donors (Lipinski definition) is 0. The molecule has 1 heteroatoms. The van der Waals surface area contributed by atoms with Crippen molar-refractivity contribution < 1.29 is 0 Å². The van der Waals surface area contributed by atoms with Crippen molar-refractivity contribution in [1.82, 2.24) is 4.90 Å². The average Bonchev–Trinajstić information content (AvgIpc) is 2.51. The molecule has 13 heavy (non-hydrogen) atoms. The molecule has 0 bridgehead atoms. The van der Waals surface area contributed by atoms with E-state index < -0.39 is 0 Å². The largest absolute Gasteiger partial charge is 0.303 e. The second-order valence-electron chi connectivity index (χ2n) is 6.07. The highest BCUT2D eigenvalue weighted by Crippen LogP contribution is 2.48. The molecular weight excluding hydrogens is 158 g/mol. The Bertz CT molecular complexity index is 192. The first-order valence-corrected chi connectivity index (χ1v) is 5.70. The summed E-state index contributed by atoms with van der Waals surface area (Å²) >= 11 is 0. The molecule has 0 N–H and O–H groups in total. The monoisotopic (exact) mass is 181 g/mol. The van der Waals surface area contributed by atoms with Crippen LogP contribution in [0, 0.1) is 17.3 Å². The maximum atomic E-state index is 2.60. The van der Waals surface area contributed by atoms with Gasteiger partial charge in [-0.05, 0) is 50.1 Å². The third-order valence-electron chi connectivity index (χ3n) is 4.22. The molecular formula is C12H23N. The highest BCUT2D eigenvalue weighted by molar-refractivity contribution is 4.99. The molecule has 1 nitrogen and oxygen atoms in total. The minimum atomic E-state index is 0.512. The van der Waals surface area contributed by atoms with Crippen molar-refractivity contribution in [3.8, 4) is 0 Å². The fourth-order valence-corrected chi connectivity index (χ4v) is 3.51. The molecule has 1 saturated carbocycles. The van der Waals surface area contributed by atoms with Gasteiger partial charge in [0.1, 0.15) is 0 Å². The Morgan fingerprint density at radius 3 is 2.38 bits per heavy atom. The van der Waals surface area contributed by atoms with Crippen molar-refractivity contribution in [3.05, 3.63) is 0 Å². The molecule has 76 valence electrons. The first kappa shape index (κ1) is 9.51. The van der Waals surface area contributed by atoms with E-state index in [9.17, 15) is 0 Å². The topological polar surface area (TPSA) is 3.24 Å². The summed E-state index contributed by atoms with van der Waals surface area (Å²) < 4.78 is 0. The standard InChI is InChI=1S/C12H23N/c1-12(2,3)10-6-5-9-7-8-13(4)11(9)10/h9-11H,5-8H2,1-4H3. The maximum absolute atomic E-state index is 2.60. The average molecular weight is 181 g/mol. The molecule has 1 aliphatic heterocycles. The van der Waals surface area contributed by atoms with Crippen LogP contribution >= 0.6 is 0 Å². The molecule has 1 aliphatic carbocycles. The number of fused-ring (bicyclic) bond motifs is 1. The lowest BCUT2D eigenvalue weighted by atomic mass is 9.77. The van der Waals surface area contributed by atoms with Crippen LogP contribution in [0.3, 0.4) is 0 Å². The van der Waals surface area contributed by atoms with Gasteiger partial charge >= 0.3 is 0 Å². The molecule has 1 heterocycles. The summed E-state index contributed by atoms with van der Waals surface area (Å²) in [4.78, 5) is 2.60. The van der Waals surface area contributed by atoms with Crippen molar-refractivity contribution in [2.24, 2.45) is 17.3 Å². The zero-order valence-corrected chi connectivity index (χ0v) is 9.51. The Morgan fingerprint density at radius 2 is 1.77 bits per heavy atom. The van der Waals surface area contributed by atoms with Gasteiger partial charge < -0.3 is 4.90 Å². The highest BCUT2D eigenvalue weighted by atomic mass is 15.2. The van der Waals surface area contributed by atoms with E-state index in [4.69, 9.17) is 0 Å². The van der Waals surface area contributed by atoms with Crippen molar-refractivity contribution in [2.75, 3.05) is 13.6 Å². The van der Waals surface area contributed by atoms with Crippen molar-refractivity contribution in [3.63, 3.8) is 0 Å². The number of rotatable bonds is 0. The summed E-state index contributed by atoms with van der Waals surface area (Å²) in [6.07, 6.45) is 4.40. The van der Waals surface area contributed by atoms with Crippen molar-refractivity contribution in [1.29, 1.82) is 0 Å². The van der Waals surface area contributed by atoms with Crippen molar-refractivity contribution in [2.45, 2.75) is 46.1 Å². The zero-order valence-electron chi connectivity index (χ0n) is 9.51. The van der Waals surface area contributed by atoms with Crippen LogP contribution in [-0.2, 0) is 0 Å². The summed E-state index contributed by atoms with van der Waals surface area (Å²) in [7, 11) is 2.31. The van der Waals surface area contributed by atoms with Gasteiger partial charge in [-0.2, -0.15) is 0 Å². The summed E-state index contributed by atoms with van der Waals surface area (Å²) in [6.45, 7) is 8.56. The third-order valence-corrected chi connectivity index (χ3v) is 4.22. The van der Waals surface area contributed by atoms with Crippen LogP contribution in [0.2, 0.25) is 0 Å². The Kier molecular flexibility index (Phi) is 2.18. The summed E-state index contributed by atoms with van der Waals surface area (Å²) in [6, 6.07) is 0.903. The maximum Gasteiger partial charge on any atom is 0.0154 e. The van der Waals surface area contributed by atoms with Crippen LogP contribution in [0.25, 0.3) is 0 Å². The van der Waals surface area contributed by atoms with E-state index in [0.717, 1.165) is 17.9 Å². The van der Waals surface area contributed by atoms with E-state index >= 15 is 0 Å². The van der Waals surface area contributed by atoms with Crippen LogP contribution in [0.15, 0.2) is 0 Å². The Labute approximate surface area is 82.5 Å². The van der Waals surface area contributed by atoms with Crippen LogP contribution in [0.4, 0.5) is 0 Å². The zero-order chi connectivity index (χ0) is 9.64. The quantitative estimate of drug-likeness (QED) is 0.555. The highest BCUT2D eigenvalue weighted by Gasteiger charge is 2.46. The lowest BCUT2D eigenvalue weighted by molar-refractivity contribution is 0.135. The van der Waals surface area contributed by atoms with E-state index in [1.54, 1.807) is 0 Å². The number of likely N-dealkylation sites (tertiary alicyclic amines) is 1. The Morgan fingerprint density at radius 1 is 1.08 bits per heavy atom. The number of nitrogens with zero attached hydrogens (tertiary/aromatic N) is 1. The van der Waals surface area contributed by atoms with E-state index in [1.807, 2.05) is 0 Å². The Hall–Kier alpha value is -0.0400. The first-order valence-electron chi connectivity index (χ1n) is 5.70. The molecule has 3 atom stereocenters. The normalized spacial score (nSPS) is 41.1. The lowest BCUT2D eigenvalue weighted by Crippen LogP contribution is -2.38. The van der Waals surface area contributed by atoms with E-state index in [0.29, 0.717) is 5.41 Å². The van der Waals surface area contributed by atoms with Gasteiger partial charge in [-0.25, -0.2) is 0 Å². The summed E-state index contributed by atoms with van der Waals surface area (Å²) in [5, 5.41) is 0. The molecule has 2 fully saturated rings. The van der Waals surface area contributed by atoms with Gasteiger partial charge in [0, 0.05) is 6.04 Å². The summed E-state index contributed by atoms with van der Waals surface area (Å²) in [5.74, 6) is 1.96. The molecule has 0 aromatic rings. The van der Waals surface area contributed by atoms with Crippen LogP contribution in [0.1, 0.15) is 40.0 Å². The third kappa shape index (κ3) is 1.52. The molecule has 0 aromatic carbocycles.